The highest BCUT2D eigenvalue weighted by molar-refractivity contribution is 5.76. The summed E-state index contributed by atoms with van der Waals surface area (Å²) in [6, 6.07) is 51.5. The summed E-state index contributed by atoms with van der Waals surface area (Å²) in [5.41, 5.74) is 7.57. The molecule has 0 amide bonds. The second-order valence-electron chi connectivity index (χ2n) is 10.8. The van der Waals surface area contributed by atoms with Crippen LogP contribution in [0, 0.1) is 6.92 Å². The number of ether oxygens (including phenoxy) is 1. The second kappa shape index (κ2) is 8.67. The van der Waals surface area contributed by atoms with Crippen molar-refractivity contribution in [2.24, 2.45) is 0 Å². The van der Waals surface area contributed by atoms with Gasteiger partial charge in [-0.1, -0.05) is 146 Å². The molecule has 1 aliphatic carbocycles. The molecule has 2 bridgehead atoms. The Morgan fingerprint density at radius 1 is 0.550 bits per heavy atom. The predicted octanol–water partition coefficient (Wildman–Crippen LogP) is 8.97. The number of benzene rings is 5. The summed E-state index contributed by atoms with van der Waals surface area (Å²) in [5.74, 6) is 1.68. The van der Waals surface area contributed by atoms with Gasteiger partial charge in [-0.15, -0.1) is 0 Å². The first kappa shape index (κ1) is 23.2. The first-order valence-electron chi connectivity index (χ1n) is 13.9. The molecule has 2 aliphatic rings. The maximum atomic E-state index is 7.82. The zero-order valence-electron chi connectivity index (χ0n) is 22.3. The van der Waals surface area contributed by atoms with Crippen LogP contribution in [-0.4, -0.2) is 0 Å². The average Bonchev–Trinajstić information content (AvgIpc) is 3.52. The molecule has 0 N–H and O–H groups in total. The topological polar surface area (TPSA) is 22.4 Å². The van der Waals surface area contributed by atoms with Crippen LogP contribution in [0.15, 0.2) is 150 Å². The molecule has 3 atom stereocenters. The van der Waals surface area contributed by atoms with Gasteiger partial charge in [0.1, 0.15) is 22.7 Å². The van der Waals surface area contributed by atoms with Crippen molar-refractivity contribution in [1.82, 2.24) is 0 Å². The van der Waals surface area contributed by atoms with Crippen molar-refractivity contribution in [2.45, 2.75) is 24.0 Å². The molecule has 2 heterocycles. The Labute approximate surface area is 234 Å². The standard InChI is InChI=1S/C38H28O2/c1-26-33-34(27-16-6-2-7-17-27)37(29-20-10-4-11-21-29)31-24-14-15-25-32(31)38(40-37,30-22-12-5-13-23-30)35(33)36(39-26)28-18-8-3-9-19-28/h2-25,34H,1H3/t34-,37-,38+/m0/s1. The van der Waals surface area contributed by atoms with Crippen molar-refractivity contribution < 1.29 is 9.15 Å². The van der Waals surface area contributed by atoms with Gasteiger partial charge < -0.3 is 9.15 Å². The van der Waals surface area contributed by atoms with Crippen LogP contribution in [0.5, 0.6) is 0 Å². The molecule has 6 aromatic rings. The van der Waals surface area contributed by atoms with Crippen LogP contribution in [-0.2, 0) is 15.9 Å². The molecule has 192 valence electrons. The van der Waals surface area contributed by atoms with Gasteiger partial charge >= 0.3 is 0 Å². The normalized spacial score (nSPS) is 22.5. The van der Waals surface area contributed by atoms with E-state index in [1.165, 1.54) is 22.3 Å². The van der Waals surface area contributed by atoms with E-state index in [9.17, 15) is 0 Å². The molecule has 2 heteroatoms. The van der Waals surface area contributed by atoms with Gasteiger partial charge in [-0.25, -0.2) is 0 Å². The Morgan fingerprint density at radius 2 is 1.07 bits per heavy atom. The highest BCUT2D eigenvalue weighted by Crippen LogP contribution is 2.69. The SMILES string of the molecule is Cc1oc(-c2ccccc2)c2c1[C@H](c1ccccc1)[C@@]1(c3ccccc3)O[C@]2(c2ccccc2)c2ccccc21. The highest BCUT2D eigenvalue weighted by Gasteiger charge is 2.66. The van der Waals surface area contributed by atoms with Gasteiger partial charge in [-0.3, -0.25) is 0 Å². The fraction of sp³-hybridized carbons (Fsp3) is 0.105. The minimum absolute atomic E-state index is 0.118. The number of rotatable bonds is 4. The van der Waals surface area contributed by atoms with Crippen LogP contribution in [0.3, 0.4) is 0 Å². The molecule has 0 spiro atoms. The van der Waals surface area contributed by atoms with Crippen LogP contribution in [0.25, 0.3) is 11.3 Å². The Bertz CT molecular complexity index is 1820. The fourth-order valence-corrected chi connectivity index (χ4v) is 7.26. The van der Waals surface area contributed by atoms with Crippen LogP contribution in [0.1, 0.15) is 50.6 Å². The average molecular weight is 517 g/mol. The maximum absolute atomic E-state index is 7.82. The number of hydrogen-bond donors (Lipinski definition) is 0. The molecular weight excluding hydrogens is 488 g/mol. The lowest BCUT2D eigenvalue weighted by atomic mass is 9.68. The molecule has 5 aromatic carbocycles. The van der Waals surface area contributed by atoms with Gasteiger partial charge in [0, 0.05) is 16.7 Å². The van der Waals surface area contributed by atoms with Gasteiger partial charge in [-0.2, -0.15) is 0 Å². The van der Waals surface area contributed by atoms with E-state index in [0.29, 0.717) is 0 Å². The van der Waals surface area contributed by atoms with Gasteiger partial charge in [0.2, 0.25) is 0 Å². The maximum Gasteiger partial charge on any atom is 0.149 e. The summed E-state index contributed by atoms with van der Waals surface area (Å²) in [4.78, 5) is 0. The molecule has 2 nitrogen and oxygen atoms in total. The van der Waals surface area contributed by atoms with Crippen molar-refractivity contribution in [3.05, 3.63) is 190 Å². The molecule has 40 heavy (non-hydrogen) atoms. The third kappa shape index (κ3) is 2.97. The molecule has 0 saturated heterocycles. The van der Waals surface area contributed by atoms with Gasteiger partial charge in [0.15, 0.2) is 0 Å². The van der Waals surface area contributed by atoms with Crippen molar-refractivity contribution in [1.29, 1.82) is 0 Å². The third-order valence-electron chi connectivity index (χ3n) is 8.75. The molecule has 8 rings (SSSR count). The number of hydrogen-bond acceptors (Lipinski definition) is 2. The summed E-state index contributed by atoms with van der Waals surface area (Å²) in [6.45, 7) is 2.12. The molecular formula is C38H28O2. The number of fused-ring (bicyclic) bond motifs is 2. The summed E-state index contributed by atoms with van der Waals surface area (Å²) >= 11 is 0. The lowest BCUT2D eigenvalue weighted by Gasteiger charge is -2.47. The molecule has 0 unspecified atom stereocenters. The quantitative estimate of drug-likeness (QED) is 0.233. The zero-order chi connectivity index (χ0) is 26.7. The Morgan fingerprint density at radius 3 is 1.73 bits per heavy atom. The number of furan rings is 1. The lowest BCUT2D eigenvalue weighted by Crippen LogP contribution is -2.45. The first-order chi connectivity index (χ1) is 19.7. The summed E-state index contributed by atoms with van der Waals surface area (Å²) < 4.78 is 14.6. The third-order valence-corrected chi connectivity index (χ3v) is 8.75. The Kier molecular flexibility index (Phi) is 5.04. The Balaban J connectivity index is 1.60. The van der Waals surface area contributed by atoms with E-state index < -0.39 is 11.2 Å². The van der Waals surface area contributed by atoms with E-state index >= 15 is 0 Å². The summed E-state index contributed by atoms with van der Waals surface area (Å²) in [7, 11) is 0. The van der Waals surface area contributed by atoms with E-state index in [4.69, 9.17) is 9.15 Å². The minimum atomic E-state index is -0.850. The zero-order valence-corrected chi connectivity index (χ0v) is 22.3. The van der Waals surface area contributed by atoms with Crippen LogP contribution < -0.4 is 0 Å². The van der Waals surface area contributed by atoms with Crippen LogP contribution in [0.2, 0.25) is 0 Å². The van der Waals surface area contributed by atoms with Crippen molar-refractivity contribution in [2.75, 3.05) is 0 Å². The molecule has 1 aromatic heterocycles. The summed E-state index contributed by atoms with van der Waals surface area (Å²) in [6.07, 6.45) is 0. The predicted molar refractivity (Wildman–Crippen MR) is 158 cm³/mol. The van der Waals surface area contributed by atoms with Gasteiger partial charge in [0.25, 0.3) is 0 Å². The van der Waals surface area contributed by atoms with Gasteiger partial charge in [-0.05, 0) is 34.7 Å². The van der Waals surface area contributed by atoms with E-state index in [1.54, 1.807) is 0 Å². The molecule has 0 saturated carbocycles. The minimum Gasteiger partial charge on any atom is -0.461 e. The molecule has 0 fully saturated rings. The number of aryl methyl sites for hydroxylation is 1. The van der Waals surface area contributed by atoms with Crippen molar-refractivity contribution in [3.63, 3.8) is 0 Å². The van der Waals surface area contributed by atoms with E-state index in [1.807, 2.05) is 6.07 Å². The summed E-state index contributed by atoms with van der Waals surface area (Å²) in [5, 5.41) is 0. The van der Waals surface area contributed by atoms with E-state index in [2.05, 4.69) is 146 Å². The molecule has 1 aliphatic heterocycles. The largest absolute Gasteiger partial charge is 0.461 e. The smallest absolute Gasteiger partial charge is 0.149 e. The Hall–Kier alpha value is -4.66. The first-order valence-corrected chi connectivity index (χ1v) is 13.9. The van der Waals surface area contributed by atoms with Crippen LogP contribution >= 0.6 is 0 Å². The van der Waals surface area contributed by atoms with Crippen LogP contribution in [0.4, 0.5) is 0 Å². The monoisotopic (exact) mass is 516 g/mol. The fourth-order valence-electron chi connectivity index (χ4n) is 7.26. The molecule has 0 radical (unpaired) electrons. The van der Waals surface area contributed by atoms with Crippen molar-refractivity contribution in [3.8, 4) is 11.3 Å². The van der Waals surface area contributed by atoms with E-state index in [-0.39, 0.29) is 5.92 Å². The highest BCUT2D eigenvalue weighted by atomic mass is 16.5. The van der Waals surface area contributed by atoms with Crippen molar-refractivity contribution >= 4 is 0 Å². The second-order valence-corrected chi connectivity index (χ2v) is 10.8. The van der Waals surface area contributed by atoms with E-state index in [0.717, 1.165) is 33.8 Å². The van der Waals surface area contributed by atoms with Gasteiger partial charge in [0.05, 0.1) is 5.92 Å². The lowest BCUT2D eigenvalue weighted by molar-refractivity contribution is -0.0992.